The molecule has 0 amide bonds. The first kappa shape index (κ1) is 18.2. The molecule has 7 nitrogen and oxygen atoms in total. The molecule has 0 radical (unpaired) electrons. The molecule has 0 bridgehead atoms. The lowest BCUT2D eigenvalue weighted by atomic mass is 10.0. The third-order valence-corrected chi connectivity index (χ3v) is 5.45. The van der Waals surface area contributed by atoms with E-state index in [0.29, 0.717) is 6.54 Å². The van der Waals surface area contributed by atoms with E-state index in [0.717, 1.165) is 54.9 Å². The third-order valence-electron chi connectivity index (χ3n) is 5.11. The summed E-state index contributed by atoms with van der Waals surface area (Å²) in [6, 6.07) is 11.6. The number of rotatable bonds is 6. The van der Waals surface area contributed by atoms with Crippen LogP contribution in [0.2, 0.25) is 5.02 Å². The quantitative estimate of drug-likeness (QED) is 0.649. The van der Waals surface area contributed by atoms with Gasteiger partial charge in [-0.2, -0.15) is 0 Å². The van der Waals surface area contributed by atoms with Gasteiger partial charge in [0.2, 0.25) is 0 Å². The van der Waals surface area contributed by atoms with Gasteiger partial charge in [0.1, 0.15) is 12.3 Å². The van der Waals surface area contributed by atoms with Gasteiger partial charge in [0.15, 0.2) is 5.82 Å². The van der Waals surface area contributed by atoms with Gasteiger partial charge in [0, 0.05) is 31.2 Å². The van der Waals surface area contributed by atoms with Crippen molar-refractivity contribution < 1.29 is 4.42 Å². The summed E-state index contributed by atoms with van der Waals surface area (Å²) in [5.74, 6) is 1.60. The van der Waals surface area contributed by atoms with E-state index < -0.39 is 0 Å². The van der Waals surface area contributed by atoms with Crippen LogP contribution in [0, 0.1) is 0 Å². The highest BCUT2D eigenvalue weighted by atomic mass is 35.5. The summed E-state index contributed by atoms with van der Waals surface area (Å²) in [7, 11) is 0. The summed E-state index contributed by atoms with van der Waals surface area (Å²) in [5.41, 5.74) is 1.03. The van der Waals surface area contributed by atoms with Crippen molar-refractivity contribution in [2.45, 2.75) is 19.5 Å². The number of furan rings is 1. The summed E-state index contributed by atoms with van der Waals surface area (Å²) in [6.07, 6.45) is 1.66. The normalized spacial score (nSPS) is 17.3. The molecule has 27 heavy (non-hydrogen) atoms. The van der Waals surface area contributed by atoms with Crippen molar-refractivity contribution in [3.8, 4) is 0 Å². The van der Waals surface area contributed by atoms with Crippen LogP contribution in [0.1, 0.15) is 30.1 Å². The van der Waals surface area contributed by atoms with Crippen molar-refractivity contribution in [3.05, 3.63) is 64.8 Å². The Kier molecular flexibility index (Phi) is 5.52. The topological polar surface area (TPSA) is 63.2 Å². The van der Waals surface area contributed by atoms with Gasteiger partial charge in [0.05, 0.1) is 12.3 Å². The number of aromatic nitrogens is 4. The average molecular weight is 387 g/mol. The fraction of sp³-hybridized carbons (Fsp3) is 0.421. The summed E-state index contributed by atoms with van der Waals surface area (Å²) in [5, 5.41) is 13.3. The van der Waals surface area contributed by atoms with E-state index in [1.807, 2.05) is 30.3 Å². The number of hydrogen-bond acceptors (Lipinski definition) is 6. The minimum Gasteiger partial charge on any atom is -0.467 e. The van der Waals surface area contributed by atoms with E-state index in [1.54, 1.807) is 10.9 Å². The molecule has 0 saturated carbocycles. The molecule has 0 aliphatic carbocycles. The van der Waals surface area contributed by atoms with Gasteiger partial charge in [-0.05, 0) is 40.7 Å². The molecule has 1 aliphatic heterocycles. The summed E-state index contributed by atoms with van der Waals surface area (Å²) in [6.45, 7) is 7.69. The van der Waals surface area contributed by atoms with Crippen LogP contribution in [0.25, 0.3) is 0 Å². The first-order valence-corrected chi connectivity index (χ1v) is 9.63. The highest BCUT2D eigenvalue weighted by Crippen LogP contribution is 2.32. The number of likely N-dealkylation sites (N-methyl/N-ethyl adjacent to an activating group) is 1. The molecule has 1 saturated heterocycles. The zero-order valence-electron chi connectivity index (χ0n) is 15.3. The standard InChI is InChI=1S/C19H23ClN6O/c1-2-24-9-11-25(12-10-24)18(16-7-3-4-8-17(16)20)19-21-22-23-26(19)14-15-6-5-13-27-15/h3-8,13,18H,2,9-12,14H2,1H3/t18-/m1/s1. The molecular formula is C19H23ClN6O. The van der Waals surface area contributed by atoms with Gasteiger partial charge in [0.25, 0.3) is 0 Å². The van der Waals surface area contributed by atoms with Crippen molar-refractivity contribution in [3.63, 3.8) is 0 Å². The van der Waals surface area contributed by atoms with Gasteiger partial charge < -0.3 is 9.32 Å². The molecule has 0 N–H and O–H groups in total. The Morgan fingerprint density at radius 3 is 2.63 bits per heavy atom. The molecule has 142 valence electrons. The number of halogens is 1. The van der Waals surface area contributed by atoms with E-state index >= 15 is 0 Å². The first-order valence-electron chi connectivity index (χ1n) is 9.25. The lowest BCUT2D eigenvalue weighted by molar-refractivity contribution is 0.108. The molecule has 8 heteroatoms. The molecule has 3 aromatic rings. The maximum Gasteiger partial charge on any atom is 0.173 e. The van der Waals surface area contributed by atoms with E-state index in [1.165, 1.54) is 0 Å². The Labute approximate surface area is 163 Å². The second-order valence-electron chi connectivity index (χ2n) is 6.67. The van der Waals surface area contributed by atoms with Crippen LogP contribution in [0.5, 0.6) is 0 Å². The summed E-state index contributed by atoms with van der Waals surface area (Å²) < 4.78 is 7.29. The number of tetrazole rings is 1. The molecule has 4 rings (SSSR count). The maximum absolute atomic E-state index is 6.57. The average Bonchev–Trinajstić information content (AvgIpc) is 3.37. The second-order valence-corrected chi connectivity index (χ2v) is 7.08. The number of nitrogens with zero attached hydrogens (tertiary/aromatic N) is 6. The molecule has 2 aromatic heterocycles. The van der Waals surface area contributed by atoms with Crippen molar-refractivity contribution in [1.82, 2.24) is 30.0 Å². The van der Waals surface area contributed by atoms with Crippen molar-refractivity contribution in [2.75, 3.05) is 32.7 Å². The summed E-state index contributed by atoms with van der Waals surface area (Å²) >= 11 is 6.57. The number of piperazine rings is 1. The maximum atomic E-state index is 6.57. The van der Waals surface area contributed by atoms with Crippen LogP contribution < -0.4 is 0 Å². The van der Waals surface area contributed by atoms with Crippen molar-refractivity contribution in [1.29, 1.82) is 0 Å². The van der Waals surface area contributed by atoms with E-state index in [4.69, 9.17) is 16.0 Å². The molecule has 3 heterocycles. The largest absolute Gasteiger partial charge is 0.467 e. The SMILES string of the molecule is CCN1CCN([C@H](c2ccccc2Cl)c2nnnn2Cc2ccco2)CC1. The molecule has 0 unspecified atom stereocenters. The Morgan fingerprint density at radius 2 is 1.93 bits per heavy atom. The van der Waals surface area contributed by atoms with Crippen LogP contribution >= 0.6 is 11.6 Å². The number of benzene rings is 1. The van der Waals surface area contributed by atoms with Crippen LogP contribution in [0.4, 0.5) is 0 Å². The zero-order valence-corrected chi connectivity index (χ0v) is 16.1. The summed E-state index contributed by atoms with van der Waals surface area (Å²) in [4.78, 5) is 4.86. The van der Waals surface area contributed by atoms with Crippen LogP contribution in [0.15, 0.2) is 47.1 Å². The van der Waals surface area contributed by atoms with Gasteiger partial charge >= 0.3 is 0 Å². The van der Waals surface area contributed by atoms with E-state index in [2.05, 4.69) is 38.3 Å². The zero-order chi connectivity index (χ0) is 18.6. The molecule has 0 spiro atoms. The lowest BCUT2D eigenvalue weighted by Crippen LogP contribution is -2.48. The molecule has 1 atom stereocenters. The smallest absolute Gasteiger partial charge is 0.173 e. The molecule has 1 fully saturated rings. The predicted octanol–water partition coefficient (Wildman–Crippen LogP) is 2.69. The fourth-order valence-corrected chi connectivity index (χ4v) is 3.84. The minimum absolute atomic E-state index is 0.0948. The Bertz CT molecular complexity index is 857. The monoisotopic (exact) mass is 386 g/mol. The number of hydrogen-bond donors (Lipinski definition) is 0. The van der Waals surface area contributed by atoms with Gasteiger partial charge in [-0.15, -0.1) is 5.10 Å². The van der Waals surface area contributed by atoms with Crippen LogP contribution in [-0.2, 0) is 6.54 Å². The fourth-order valence-electron chi connectivity index (χ4n) is 3.60. The Morgan fingerprint density at radius 1 is 1.11 bits per heavy atom. The first-order chi connectivity index (χ1) is 13.3. The second kappa shape index (κ2) is 8.21. The predicted molar refractivity (Wildman–Crippen MR) is 103 cm³/mol. The van der Waals surface area contributed by atoms with E-state index in [9.17, 15) is 0 Å². The molecule has 1 aromatic carbocycles. The highest BCUT2D eigenvalue weighted by Gasteiger charge is 2.31. The minimum atomic E-state index is -0.0948. The van der Waals surface area contributed by atoms with Crippen LogP contribution in [-0.4, -0.2) is 62.7 Å². The lowest BCUT2D eigenvalue weighted by Gasteiger charge is -2.38. The third kappa shape index (κ3) is 3.90. The molecule has 1 aliphatic rings. The van der Waals surface area contributed by atoms with Gasteiger partial charge in [-0.25, -0.2) is 4.68 Å². The Balaban J connectivity index is 1.69. The highest BCUT2D eigenvalue weighted by molar-refractivity contribution is 6.31. The van der Waals surface area contributed by atoms with E-state index in [-0.39, 0.29) is 6.04 Å². The van der Waals surface area contributed by atoms with Crippen molar-refractivity contribution >= 4 is 11.6 Å². The Hall–Kier alpha value is -2.22. The molecular weight excluding hydrogens is 364 g/mol. The van der Waals surface area contributed by atoms with Gasteiger partial charge in [-0.1, -0.05) is 36.7 Å². The van der Waals surface area contributed by atoms with Gasteiger partial charge in [-0.3, -0.25) is 4.90 Å². The van der Waals surface area contributed by atoms with Crippen LogP contribution in [0.3, 0.4) is 0 Å². The van der Waals surface area contributed by atoms with Crippen molar-refractivity contribution in [2.24, 2.45) is 0 Å².